The minimum Gasteiger partial charge on any atom is -0.392 e. The second-order valence-corrected chi connectivity index (χ2v) is 9.84. The molecule has 3 atom stereocenters. The van der Waals surface area contributed by atoms with Crippen molar-refractivity contribution in [2.75, 3.05) is 13.1 Å². The Morgan fingerprint density at radius 1 is 1.10 bits per heavy atom. The largest absolute Gasteiger partial charge is 0.392 e. The Labute approximate surface area is 187 Å². The van der Waals surface area contributed by atoms with Crippen molar-refractivity contribution < 1.29 is 14.7 Å². The lowest BCUT2D eigenvalue weighted by molar-refractivity contribution is -0.144. The van der Waals surface area contributed by atoms with Crippen molar-refractivity contribution in [1.29, 1.82) is 0 Å². The van der Waals surface area contributed by atoms with Gasteiger partial charge in [-0.2, -0.15) is 0 Å². The predicted octanol–water partition coefficient (Wildman–Crippen LogP) is 3.45. The van der Waals surface area contributed by atoms with Gasteiger partial charge in [0, 0.05) is 23.7 Å². The third-order valence-corrected chi connectivity index (χ3v) is 7.75. The van der Waals surface area contributed by atoms with Crippen LogP contribution >= 0.6 is 11.6 Å². The zero-order chi connectivity index (χ0) is 21.8. The normalized spacial score (nSPS) is 26.8. The summed E-state index contributed by atoms with van der Waals surface area (Å²) >= 11 is 6.18. The van der Waals surface area contributed by atoms with Gasteiger partial charge in [0.05, 0.1) is 24.1 Å². The molecule has 3 aliphatic rings. The summed E-state index contributed by atoms with van der Waals surface area (Å²) in [4.78, 5) is 30.6. The van der Waals surface area contributed by atoms with Crippen molar-refractivity contribution in [2.45, 2.75) is 51.3 Å². The third-order valence-electron chi connectivity index (χ3n) is 7.39. The van der Waals surface area contributed by atoms with Gasteiger partial charge in [0.15, 0.2) is 0 Å². The summed E-state index contributed by atoms with van der Waals surface area (Å²) in [6, 6.07) is 13.6. The Balaban J connectivity index is 1.28. The summed E-state index contributed by atoms with van der Waals surface area (Å²) in [6.07, 6.45) is 3.44. The molecular formula is C25H27ClN2O3. The van der Waals surface area contributed by atoms with Crippen LogP contribution in [-0.4, -0.2) is 51.9 Å². The maximum atomic E-state index is 13.6. The number of hydrogen-bond donors (Lipinski definition) is 1. The third kappa shape index (κ3) is 3.44. The molecule has 1 unspecified atom stereocenters. The van der Waals surface area contributed by atoms with Gasteiger partial charge in [-0.15, -0.1) is 0 Å². The maximum Gasteiger partial charge on any atom is 0.254 e. The van der Waals surface area contributed by atoms with Gasteiger partial charge in [-0.25, -0.2) is 0 Å². The number of fused-ring (bicyclic) bond motifs is 3. The molecule has 5 rings (SSSR count). The highest BCUT2D eigenvalue weighted by Gasteiger charge is 2.51. The Hall–Kier alpha value is -2.37. The number of piperazine rings is 1. The molecule has 2 amide bonds. The van der Waals surface area contributed by atoms with E-state index in [-0.39, 0.29) is 35.9 Å². The summed E-state index contributed by atoms with van der Waals surface area (Å²) in [5.41, 5.74) is 3.41. The molecule has 0 radical (unpaired) electrons. The van der Waals surface area contributed by atoms with Crippen LogP contribution < -0.4 is 0 Å². The van der Waals surface area contributed by atoms with E-state index >= 15 is 0 Å². The highest BCUT2D eigenvalue weighted by molar-refractivity contribution is 6.31. The number of hydrogen-bond acceptors (Lipinski definition) is 3. The second-order valence-electron chi connectivity index (χ2n) is 9.43. The first kappa shape index (κ1) is 20.5. The van der Waals surface area contributed by atoms with Gasteiger partial charge in [-0.1, -0.05) is 48.9 Å². The van der Waals surface area contributed by atoms with Crippen LogP contribution in [0.15, 0.2) is 42.5 Å². The van der Waals surface area contributed by atoms with E-state index in [1.165, 1.54) is 11.1 Å². The first-order valence-electron chi connectivity index (χ1n) is 11.0. The molecule has 2 saturated heterocycles. The van der Waals surface area contributed by atoms with E-state index in [9.17, 15) is 14.7 Å². The summed E-state index contributed by atoms with van der Waals surface area (Å²) in [7, 11) is 0. The van der Waals surface area contributed by atoms with Crippen LogP contribution in [-0.2, 0) is 24.2 Å². The average molecular weight is 439 g/mol. The van der Waals surface area contributed by atoms with Crippen LogP contribution in [0.3, 0.4) is 0 Å². The lowest BCUT2D eigenvalue weighted by Gasteiger charge is -2.41. The molecule has 0 saturated carbocycles. The topological polar surface area (TPSA) is 60.9 Å². The standard InChI is InChI=1S/C25H27ClN2O3/c1-25(9-8-16-4-2-3-5-18(16)12-25)24(31)28-14-20-11-21(28)13-27(20)23(30)17-6-7-19(15-29)22(26)10-17/h2-7,10,20-21,29H,8-9,11-15H2,1H3/t20-,21-,25?/m0/s1. The number of nitrogens with zero attached hydrogens (tertiary/aromatic N) is 2. The van der Waals surface area contributed by atoms with Crippen molar-refractivity contribution >= 4 is 23.4 Å². The zero-order valence-electron chi connectivity index (χ0n) is 17.7. The van der Waals surface area contributed by atoms with Crippen LogP contribution in [0.4, 0.5) is 0 Å². The number of aryl methyl sites for hydroxylation is 1. The van der Waals surface area contributed by atoms with E-state index in [2.05, 4.69) is 31.2 Å². The number of carbonyl (C=O) groups is 2. The molecule has 1 N–H and O–H groups in total. The highest BCUT2D eigenvalue weighted by Crippen LogP contribution is 2.41. The van der Waals surface area contributed by atoms with Crippen LogP contribution in [0.2, 0.25) is 5.02 Å². The van der Waals surface area contributed by atoms with Crippen LogP contribution in [0.1, 0.15) is 46.8 Å². The first-order chi connectivity index (χ1) is 14.9. The van der Waals surface area contributed by atoms with E-state index in [0.717, 1.165) is 25.7 Å². The molecular weight excluding hydrogens is 412 g/mol. The van der Waals surface area contributed by atoms with Crippen LogP contribution in [0.5, 0.6) is 0 Å². The average Bonchev–Trinajstić information content (AvgIpc) is 3.39. The van der Waals surface area contributed by atoms with Gasteiger partial charge in [-0.05, 0) is 54.5 Å². The molecule has 2 aromatic rings. The fraction of sp³-hybridized carbons (Fsp3) is 0.440. The summed E-state index contributed by atoms with van der Waals surface area (Å²) < 4.78 is 0. The van der Waals surface area contributed by atoms with Crippen molar-refractivity contribution in [2.24, 2.45) is 5.41 Å². The van der Waals surface area contributed by atoms with E-state index in [1.54, 1.807) is 18.2 Å². The zero-order valence-corrected chi connectivity index (χ0v) is 18.4. The Kier molecular flexibility index (Phi) is 5.06. The van der Waals surface area contributed by atoms with Crippen molar-refractivity contribution in [3.63, 3.8) is 0 Å². The Bertz CT molecular complexity index is 1050. The highest BCUT2D eigenvalue weighted by atomic mass is 35.5. The SMILES string of the molecule is CC1(C(=O)N2C[C@@H]3C[C@H]2CN3C(=O)c2ccc(CO)c(Cl)c2)CCc2ccccc2C1. The van der Waals surface area contributed by atoms with Crippen molar-refractivity contribution in [3.05, 3.63) is 69.7 Å². The van der Waals surface area contributed by atoms with Gasteiger partial charge in [0.2, 0.25) is 5.91 Å². The molecule has 5 nitrogen and oxygen atoms in total. The molecule has 2 aromatic carbocycles. The number of likely N-dealkylation sites (tertiary alicyclic amines) is 2. The molecule has 2 aliphatic heterocycles. The molecule has 162 valence electrons. The number of aliphatic hydroxyl groups is 1. The summed E-state index contributed by atoms with van der Waals surface area (Å²) in [5, 5.41) is 9.69. The van der Waals surface area contributed by atoms with Gasteiger partial charge in [0.1, 0.15) is 0 Å². The lowest BCUT2D eigenvalue weighted by atomic mass is 9.72. The number of rotatable bonds is 3. The van der Waals surface area contributed by atoms with Gasteiger partial charge in [0.25, 0.3) is 5.91 Å². The maximum absolute atomic E-state index is 13.6. The summed E-state index contributed by atoms with van der Waals surface area (Å²) in [5.74, 6) is 0.181. The van der Waals surface area contributed by atoms with Crippen LogP contribution in [0.25, 0.3) is 0 Å². The molecule has 31 heavy (non-hydrogen) atoms. The summed E-state index contributed by atoms with van der Waals surface area (Å²) in [6.45, 7) is 3.13. The molecule has 0 spiro atoms. The monoisotopic (exact) mass is 438 g/mol. The number of halogens is 1. The number of aliphatic hydroxyl groups excluding tert-OH is 1. The Morgan fingerprint density at radius 3 is 2.48 bits per heavy atom. The van der Waals surface area contributed by atoms with Gasteiger partial charge in [-0.3, -0.25) is 9.59 Å². The molecule has 1 aliphatic carbocycles. The number of amides is 2. The smallest absolute Gasteiger partial charge is 0.254 e. The Morgan fingerprint density at radius 2 is 1.81 bits per heavy atom. The van der Waals surface area contributed by atoms with Gasteiger partial charge >= 0.3 is 0 Å². The molecule has 0 aromatic heterocycles. The second kappa shape index (κ2) is 7.64. The van der Waals surface area contributed by atoms with Crippen molar-refractivity contribution in [1.82, 2.24) is 9.80 Å². The van der Waals surface area contributed by atoms with E-state index in [0.29, 0.717) is 29.2 Å². The minimum atomic E-state index is -0.374. The molecule has 2 fully saturated rings. The van der Waals surface area contributed by atoms with E-state index in [4.69, 9.17) is 11.6 Å². The number of carbonyl (C=O) groups excluding carboxylic acids is 2. The van der Waals surface area contributed by atoms with E-state index < -0.39 is 0 Å². The minimum absolute atomic E-state index is 0.0520. The fourth-order valence-corrected chi connectivity index (χ4v) is 5.80. The van der Waals surface area contributed by atoms with Crippen LogP contribution in [0, 0.1) is 5.41 Å². The molecule has 2 bridgehead atoms. The molecule has 2 heterocycles. The molecule has 6 heteroatoms. The predicted molar refractivity (Wildman–Crippen MR) is 119 cm³/mol. The first-order valence-corrected chi connectivity index (χ1v) is 11.4. The quantitative estimate of drug-likeness (QED) is 0.798. The van der Waals surface area contributed by atoms with Crippen molar-refractivity contribution in [3.8, 4) is 0 Å². The fourth-order valence-electron chi connectivity index (χ4n) is 5.56. The lowest BCUT2D eigenvalue weighted by Crippen LogP contribution is -2.54. The number of benzene rings is 2. The van der Waals surface area contributed by atoms with E-state index in [1.807, 2.05) is 9.80 Å². The van der Waals surface area contributed by atoms with Gasteiger partial charge < -0.3 is 14.9 Å².